The molecule has 1 aliphatic rings. The summed E-state index contributed by atoms with van der Waals surface area (Å²) < 4.78 is 13.5. The van der Waals surface area contributed by atoms with Crippen LogP contribution in [0.1, 0.15) is 54.8 Å². The number of fused-ring (bicyclic) bond motifs is 1. The topological polar surface area (TPSA) is 52.5 Å². The van der Waals surface area contributed by atoms with Crippen molar-refractivity contribution in [2.24, 2.45) is 5.92 Å². The molecule has 1 aliphatic carbocycles. The zero-order valence-corrected chi connectivity index (χ0v) is 14.0. The van der Waals surface area contributed by atoms with Gasteiger partial charge in [0.05, 0.1) is 17.8 Å². The van der Waals surface area contributed by atoms with Crippen molar-refractivity contribution >= 4 is 11.0 Å². The molecule has 3 nitrogen and oxygen atoms in total. The monoisotopic (exact) mass is 333 g/mol. The number of nitrogens with zero attached hydrogens (tertiary/aromatic N) is 2. The Morgan fingerprint density at radius 2 is 1.96 bits per heavy atom. The van der Waals surface area contributed by atoms with Gasteiger partial charge in [0.25, 0.3) is 0 Å². The zero-order chi connectivity index (χ0) is 17.2. The first-order valence-electron chi connectivity index (χ1n) is 8.87. The van der Waals surface area contributed by atoms with Crippen LogP contribution in [0.15, 0.2) is 42.6 Å². The van der Waals surface area contributed by atoms with Gasteiger partial charge in [-0.2, -0.15) is 5.26 Å². The molecule has 0 bridgehead atoms. The van der Waals surface area contributed by atoms with Crippen molar-refractivity contribution in [2.75, 3.05) is 0 Å². The third-order valence-corrected chi connectivity index (χ3v) is 5.32. The maximum Gasteiger partial charge on any atom is 0.142 e. The van der Waals surface area contributed by atoms with E-state index in [-0.39, 0.29) is 11.7 Å². The van der Waals surface area contributed by atoms with Crippen LogP contribution < -0.4 is 0 Å². The minimum atomic E-state index is -0.316. The van der Waals surface area contributed by atoms with Gasteiger partial charge in [0, 0.05) is 17.0 Å². The molecule has 1 saturated carbocycles. The first-order chi connectivity index (χ1) is 12.2. The molecule has 0 radical (unpaired) electrons. The van der Waals surface area contributed by atoms with E-state index in [0.717, 1.165) is 29.1 Å². The van der Waals surface area contributed by atoms with Crippen molar-refractivity contribution in [2.45, 2.75) is 38.0 Å². The van der Waals surface area contributed by atoms with E-state index < -0.39 is 0 Å². The third-order valence-electron chi connectivity index (χ3n) is 5.32. The molecule has 0 saturated heterocycles. The number of nitrogens with one attached hydrogen (secondary N) is 1. The number of aromatic nitrogens is 2. The smallest absolute Gasteiger partial charge is 0.142 e. The average Bonchev–Trinajstić information content (AvgIpc) is 3.28. The highest BCUT2D eigenvalue weighted by molar-refractivity contribution is 5.76. The fourth-order valence-corrected chi connectivity index (χ4v) is 4.01. The number of pyridine rings is 1. The second kappa shape index (κ2) is 6.68. The summed E-state index contributed by atoms with van der Waals surface area (Å²) in [7, 11) is 0. The summed E-state index contributed by atoms with van der Waals surface area (Å²) in [5, 5.41) is 9.84. The molecule has 1 N–H and O–H groups in total. The van der Waals surface area contributed by atoms with Crippen LogP contribution in [0.25, 0.3) is 11.0 Å². The number of rotatable bonds is 4. The summed E-state index contributed by atoms with van der Waals surface area (Å²) in [6, 6.07) is 13.5. The third kappa shape index (κ3) is 3.28. The number of hydrogen-bond donors (Lipinski definition) is 1. The lowest BCUT2D eigenvalue weighted by Gasteiger charge is -2.20. The van der Waals surface area contributed by atoms with Crippen LogP contribution in [0, 0.1) is 23.1 Å². The van der Waals surface area contributed by atoms with Crippen molar-refractivity contribution in [1.82, 2.24) is 9.97 Å². The Morgan fingerprint density at radius 3 is 2.68 bits per heavy atom. The van der Waals surface area contributed by atoms with Gasteiger partial charge in [0.1, 0.15) is 11.5 Å². The lowest BCUT2D eigenvalue weighted by atomic mass is 9.85. The number of hydrogen-bond acceptors (Lipinski definition) is 2. The van der Waals surface area contributed by atoms with E-state index in [1.807, 2.05) is 30.3 Å². The SMILES string of the molecule is N#Cc1ccc([C@@H](CC2CCCC2)c2cc3cc(F)cnc3[nH]2)cc1. The number of aromatic amines is 1. The fraction of sp³-hybridized carbons (Fsp3) is 0.333. The quantitative estimate of drug-likeness (QED) is 0.705. The van der Waals surface area contributed by atoms with E-state index in [1.165, 1.54) is 43.5 Å². The fourth-order valence-electron chi connectivity index (χ4n) is 4.01. The average molecular weight is 333 g/mol. The van der Waals surface area contributed by atoms with Crippen molar-refractivity contribution in [1.29, 1.82) is 5.26 Å². The lowest BCUT2D eigenvalue weighted by Crippen LogP contribution is -2.07. The molecule has 0 spiro atoms. The Kier molecular flexibility index (Phi) is 4.23. The molecular formula is C21H20FN3. The van der Waals surface area contributed by atoms with Gasteiger partial charge >= 0.3 is 0 Å². The molecule has 126 valence electrons. The minimum Gasteiger partial charge on any atom is -0.343 e. The molecule has 0 amide bonds. The van der Waals surface area contributed by atoms with Crippen LogP contribution in [0.5, 0.6) is 0 Å². The van der Waals surface area contributed by atoms with Crippen LogP contribution in [0.4, 0.5) is 4.39 Å². The first kappa shape index (κ1) is 15.8. The summed E-state index contributed by atoms with van der Waals surface area (Å²) in [5.74, 6) is 0.619. The Bertz CT molecular complexity index is 914. The normalized spacial score (nSPS) is 16.2. The number of H-pyrrole nitrogens is 1. The number of benzene rings is 1. The molecule has 1 fully saturated rings. The highest BCUT2D eigenvalue weighted by Gasteiger charge is 2.24. The van der Waals surface area contributed by atoms with Gasteiger partial charge in [-0.25, -0.2) is 9.37 Å². The van der Waals surface area contributed by atoms with E-state index in [9.17, 15) is 4.39 Å². The van der Waals surface area contributed by atoms with Gasteiger partial charge < -0.3 is 4.98 Å². The summed E-state index contributed by atoms with van der Waals surface area (Å²) in [6.07, 6.45) is 7.49. The van der Waals surface area contributed by atoms with Crippen molar-refractivity contribution in [3.8, 4) is 6.07 Å². The van der Waals surface area contributed by atoms with Gasteiger partial charge in [-0.3, -0.25) is 0 Å². The van der Waals surface area contributed by atoms with E-state index >= 15 is 0 Å². The molecular weight excluding hydrogens is 313 g/mol. The minimum absolute atomic E-state index is 0.216. The van der Waals surface area contributed by atoms with Gasteiger partial charge in [-0.1, -0.05) is 37.8 Å². The zero-order valence-electron chi connectivity index (χ0n) is 14.0. The molecule has 4 heteroatoms. The van der Waals surface area contributed by atoms with Gasteiger partial charge in [0.15, 0.2) is 0 Å². The number of nitriles is 1. The second-order valence-corrected chi connectivity index (χ2v) is 6.99. The molecule has 4 rings (SSSR count). The van der Waals surface area contributed by atoms with Crippen LogP contribution in [0.2, 0.25) is 0 Å². The second-order valence-electron chi connectivity index (χ2n) is 6.99. The molecule has 25 heavy (non-hydrogen) atoms. The maximum absolute atomic E-state index is 13.5. The lowest BCUT2D eigenvalue weighted by molar-refractivity contribution is 0.469. The highest BCUT2D eigenvalue weighted by Crippen LogP contribution is 2.38. The predicted octanol–water partition coefficient (Wildman–Crippen LogP) is 5.29. The summed E-state index contributed by atoms with van der Waals surface area (Å²) >= 11 is 0. The molecule has 0 aliphatic heterocycles. The van der Waals surface area contributed by atoms with Crippen molar-refractivity contribution < 1.29 is 4.39 Å². The Balaban J connectivity index is 1.73. The summed E-state index contributed by atoms with van der Waals surface area (Å²) in [6.45, 7) is 0. The molecule has 0 unspecified atom stereocenters. The summed E-state index contributed by atoms with van der Waals surface area (Å²) in [4.78, 5) is 7.54. The van der Waals surface area contributed by atoms with E-state index in [2.05, 4.69) is 16.0 Å². The van der Waals surface area contributed by atoms with Crippen LogP contribution in [0.3, 0.4) is 0 Å². The van der Waals surface area contributed by atoms with E-state index in [1.54, 1.807) is 0 Å². The largest absolute Gasteiger partial charge is 0.343 e. The van der Waals surface area contributed by atoms with Gasteiger partial charge in [0.2, 0.25) is 0 Å². The highest BCUT2D eigenvalue weighted by atomic mass is 19.1. The van der Waals surface area contributed by atoms with E-state index in [4.69, 9.17) is 5.26 Å². The Labute approximate surface area is 146 Å². The standard InChI is InChI=1S/C21H20FN3/c22-18-10-17-11-20(25-21(17)24-13-18)19(9-14-3-1-2-4-14)16-7-5-15(12-23)6-8-16/h5-8,10-11,13-14,19H,1-4,9H2,(H,24,25)/t19-/m1/s1. The van der Waals surface area contributed by atoms with Crippen molar-refractivity contribution in [3.05, 3.63) is 65.2 Å². The van der Waals surface area contributed by atoms with Crippen LogP contribution in [-0.2, 0) is 0 Å². The molecule has 1 atom stereocenters. The summed E-state index contributed by atoms with van der Waals surface area (Å²) in [5.41, 5.74) is 3.66. The first-order valence-corrected chi connectivity index (χ1v) is 8.87. The van der Waals surface area contributed by atoms with E-state index in [0.29, 0.717) is 5.56 Å². The predicted molar refractivity (Wildman–Crippen MR) is 95.6 cm³/mol. The Hall–Kier alpha value is -2.67. The van der Waals surface area contributed by atoms with Crippen molar-refractivity contribution in [3.63, 3.8) is 0 Å². The van der Waals surface area contributed by atoms with Crippen LogP contribution >= 0.6 is 0 Å². The van der Waals surface area contributed by atoms with Gasteiger partial charge in [-0.15, -0.1) is 0 Å². The number of halogens is 1. The molecule has 1 aromatic carbocycles. The molecule has 2 heterocycles. The van der Waals surface area contributed by atoms with Gasteiger partial charge in [-0.05, 0) is 42.2 Å². The molecule has 2 aromatic heterocycles. The maximum atomic E-state index is 13.5. The molecule has 3 aromatic rings. The Morgan fingerprint density at radius 1 is 1.20 bits per heavy atom. The van der Waals surface area contributed by atoms with Crippen LogP contribution in [-0.4, -0.2) is 9.97 Å².